The minimum Gasteiger partial charge on any atom is -0.444 e. The zero-order valence-electron chi connectivity index (χ0n) is 15.8. The number of hydrogen-bond donors (Lipinski definition) is 0. The van der Waals surface area contributed by atoms with Gasteiger partial charge in [-0.05, 0) is 45.7 Å². The summed E-state index contributed by atoms with van der Waals surface area (Å²) in [6, 6.07) is 11.3. The molecule has 0 saturated carbocycles. The fourth-order valence-electron chi connectivity index (χ4n) is 3.72. The number of hydrogen-bond acceptors (Lipinski definition) is 4. The Morgan fingerprint density at radius 2 is 1.56 bits per heavy atom. The second kappa shape index (κ2) is 7.65. The summed E-state index contributed by atoms with van der Waals surface area (Å²) >= 11 is 0. The maximum atomic E-state index is 12.2. The van der Waals surface area contributed by atoms with Crippen LogP contribution in [0.2, 0.25) is 0 Å². The number of carbonyl (C=O) groups excluding carboxylic acids is 1. The number of nitrogens with zero attached hydrogens (tertiary/aromatic N) is 3. The lowest BCUT2D eigenvalue weighted by molar-refractivity contribution is 0.0140. The number of para-hydroxylation sites is 1. The van der Waals surface area contributed by atoms with Crippen LogP contribution < -0.4 is 4.90 Å². The van der Waals surface area contributed by atoms with E-state index in [1.165, 1.54) is 5.69 Å². The van der Waals surface area contributed by atoms with E-state index in [1.807, 2.05) is 25.7 Å². The van der Waals surface area contributed by atoms with Crippen molar-refractivity contribution in [1.29, 1.82) is 0 Å². The Morgan fingerprint density at radius 1 is 0.960 bits per heavy atom. The van der Waals surface area contributed by atoms with Crippen LogP contribution in [0.15, 0.2) is 30.3 Å². The van der Waals surface area contributed by atoms with Crippen LogP contribution in [0.4, 0.5) is 10.5 Å². The lowest BCUT2D eigenvalue weighted by Crippen LogP contribution is -2.54. The van der Waals surface area contributed by atoms with E-state index in [4.69, 9.17) is 4.74 Å². The molecule has 2 saturated heterocycles. The molecule has 2 fully saturated rings. The highest BCUT2D eigenvalue weighted by molar-refractivity contribution is 5.68. The standard InChI is InChI=1S/C20H31N3O2/c1-20(2,3)25-19(24)23-11-9-18(10-12-23)22-15-13-21(14-16-22)17-7-5-4-6-8-17/h4-8,18H,9-16H2,1-3H3. The Balaban J connectivity index is 1.44. The first-order valence-electron chi connectivity index (χ1n) is 9.44. The summed E-state index contributed by atoms with van der Waals surface area (Å²) in [5, 5.41) is 0. The predicted octanol–water partition coefficient (Wildman–Crippen LogP) is 3.21. The van der Waals surface area contributed by atoms with E-state index >= 15 is 0 Å². The number of rotatable bonds is 2. The second-order valence-corrected chi connectivity index (χ2v) is 8.06. The first-order valence-corrected chi connectivity index (χ1v) is 9.44. The molecule has 0 atom stereocenters. The molecule has 2 aliphatic rings. The molecular formula is C20H31N3O2. The quantitative estimate of drug-likeness (QED) is 0.825. The van der Waals surface area contributed by atoms with E-state index in [1.54, 1.807) is 0 Å². The first-order chi connectivity index (χ1) is 11.9. The van der Waals surface area contributed by atoms with Gasteiger partial charge in [0.2, 0.25) is 0 Å². The van der Waals surface area contributed by atoms with E-state index in [0.717, 1.165) is 52.1 Å². The van der Waals surface area contributed by atoms with Crippen LogP contribution in [0.5, 0.6) is 0 Å². The molecule has 0 bridgehead atoms. The Hall–Kier alpha value is -1.75. The van der Waals surface area contributed by atoms with Crippen molar-refractivity contribution in [3.63, 3.8) is 0 Å². The molecule has 3 rings (SSSR count). The summed E-state index contributed by atoms with van der Waals surface area (Å²) in [7, 11) is 0. The van der Waals surface area contributed by atoms with Gasteiger partial charge in [-0.3, -0.25) is 4.90 Å². The molecule has 1 aromatic rings. The molecule has 1 aromatic carbocycles. The maximum absolute atomic E-state index is 12.2. The van der Waals surface area contributed by atoms with E-state index < -0.39 is 5.60 Å². The van der Waals surface area contributed by atoms with Gasteiger partial charge in [0.15, 0.2) is 0 Å². The van der Waals surface area contributed by atoms with E-state index in [-0.39, 0.29) is 6.09 Å². The summed E-state index contributed by atoms with van der Waals surface area (Å²) in [5.74, 6) is 0. The summed E-state index contributed by atoms with van der Waals surface area (Å²) in [5.41, 5.74) is 0.906. The average molecular weight is 345 g/mol. The molecule has 2 heterocycles. The molecule has 0 spiro atoms. The minimum atomic E-state index is -0.415. The van der Waals surface area contributed by atoms with E-state index in [2.05, 4.69) is 40.1 Å². The maximum Gasteiger partial charge on any atom is 0.410 e. The van der Waals surface area contributed by atoms with Crippen molar-refractivity contribution in [2.45, 2.75) is 45.3 Å². The van der Waals surface area contributed by atoms with Gasteiger partial charge in [-0.1, -0.05) is 18.2 Å². The zero-order chi connectivity index (χ0) is 17.9. The Morgan fingerprint density at radius 3 is 2.12 bits per heavy atom. The molecule has 138 valence electrons. The average Bonchev–Trinajstić information content (AvgIpc) is 2.61. The number of carbonyl (C=O) groups is 1. The van der Waals surface area contributed by atoms with Crippen molar-refractivity contribution in [2.24, 2.45) is 0 Å². The molecule has 5 heteroatoms. The topological polar surface area (TPSA) is 36.0 Å². The van der Waals surface area contributed by atoms with Gasteiger partial charge in [0, 0.05) is 51.0 Å². The van der Waals surface area contributed by atoms with Crippen LogP contribution in [-0.2, 0) is 4.74 Å². The van der Waals surface area contributed by atoms with Gasteiger partial charge < -0.3 is 14.5 Å². The highest BCUT2D eigenvalue weighted by Gasteiger charge is 2.30. The number of ether oxygens (including phenoxy) is 1. The van der Waals surface area contributed by atoms with Gasteiger partial charge in [0.1, 0.15) is 5.60 Å². The highest BCUT2D eigenvalue weighted by Crippen LogP contribution is 2.22. The monoisotopic (exact) mass is 345 g/mol. The fourth-order valence-corrected chi connectivity index (χ4v) is 3.72. The smallest absolute Gasteiger partial charge is 0.410 e. The second-order valence-electron chi connectivity index (χ2n) is 8.06. The molecular weight excluding hydrogens is 314 g/mol. The summed E-state index contributed by atoms with van der Waals surface area (Å²) in [4.78, 5) is 19.1. The van der Waals surface area contributed by atoms with Gasteiger partial charge in [-0.25, -0.2) is 4.79 Å². The molecule has 1 amide bonds. The Bertz CT molecular complexity index is 554. The Kier molecular flexibility index (Phi) is 5.52. The third-order valence-electron chi connectivity index (χ3n) is 5.07. The number of likely N-dealkylation sites (tertiary alicyclic amines) is 1. The SMILES string of the molecule is CC(C)(C)OC(=O)N1CCC(N2CCN(c3ccccc3)CC2)CC1. The van der Waals surface area contributed by atoms with Crippen molar-refractivity contribution in [1.82, 2.24) is 9.80 Å². The molecule has 2 aliphatic heterocycles. The van der Waals surface area contributed by atoms with Crippen LogP contribution in [0.3, 0.4) is 0 Å². The van der Waals surface area contributed by atoms with Crippen LogP contribution >= 0.6 is 0 Å². The first kappa shape index (κ1) is 18.1. The lowest BCUT2D eigenvalue weighted by atomic mass is 10.0. The molecule has 0 radical (unpaired) electrons. The van der Waals surface area contributed by atoms with Gasteiger partial charge in [0.25, 0.3) is 0 Å². The van der Waals surface area contributed by atoms with Crippen LogP contribution in [-0.4, -0.2) is 66.8 Å². The molecule has 0 N–H and O–H groups in total. The van der Waals surface area contributed by atoms with Crippen molar-refractivity contribution in [3.8, 4) is 0 Å². The number of benzene rings is 1. The van der Waals surface area contributed by atoms with Crippen LogP contribution in [0.25, 0.3) is 0 Å². The number of anilines is 1. The van der Waals surface area contributed by atoms with Crippen molar-refractivity contribution in [2.75, 3.05) is 44.2 Å². The molecule has 0 aromatic heterocycles. The summed E-state index contributed by atoms with van der Waals surface area (Å²) < 4.78 is 5.49. The highest BCUT2D eigenvalue weighted by atomic mass is 16.6. The van der Waals surface area contributed by atoms with Crippen molar-refractivity contribution >= 4 is 11.8 Å². The van der Waals surface area contributed by atoms with Crippen LogP contribution in [0.1, 0.15) is 33.6 Å². The van der Waals surface area contributed by atoms with Gasteiger partial charge in [-0.2, -0.15) is 0 Å². The number of piperidine rings is 1. The minimum absolute atomic E-state index is 0.167. The molecule has 0 aliphatic carbocycles. The van der Waals surface area contributed by atoms with E-state index in [0.29, 0.717) is 6.04 Å². The third-order valence-corrected chi connectivity index (χ3v) is 5.07. The largest absolute Gasteiger partial charge is 0.444 e. The summed E-state index contributed by atoms with van der Waals surface area (Å²) in [6.45, 7) is 11.7. The molecule has 25 heavy (non-hydrogen) atoms. The van der Waals surface area contributed by atoms with Gasteiger partial charge in [0.05, 0.1) is 0 Å². The van der Waals surface area contributed by atoms with E-state index in [9.17, 15) is 4.79 Å². The number of amides is 1. The molecule has 0 unspecified atom stereocenters. The van der Waals surface area contributed by atoms with Crippen LogP contribution in [0, 0.1) is 0 Å². The van der Waals surface area contributed by atoms with Gasteiger partial charge >= 0.3 is 6.09 Å². The normalized spacial score (nSPS) is 20.6. The predicted molar refractivity (Wildman–Crippen MR) is 101 cm³/mol. The Labute approximate surface area is 151 Å². The summed E-state index contributed by atoms with van der Waals surface area (Å²) in [6.07, 6.45) is 1.93. The molecule has 5 nitrogen and oxygen atoms in total. The van der Waals surface area contributed by atoms with Crippen molar-refractivity contribution in [3.05, 3.63) is 30.3 Å². The van der Waals surface area contributed by atoms with Gasteiger partial charge in [-0.15, -0.1) is 0 Å². The lowest BCUT2D eigenvalue weighted by Gasteiger charge is -2.43. The fraction of sp³-hybridized carbons (Fsp3) is 0.650. The number of piperazine rings is 1. The zero-order valence-corrected chi connectivity index (χ0v) is 15.8. The van der Waals surface area contributed by atoms with Crippen molar-refractivity contribution < 1.29 is 9.53 Å². The third kappa shape index (κ3) is 4.88.